The van der Waals surface area contributed by atoms with Gasteiger partial charge in [-0.15, -0.1) is 0 Å². The van der Waals surface area contributed by atoms with Gasteiger partial charge in [0.1, 0.15) is 23.0 Å². The second kappa shape index (κ2) is 8.74. The molecular weight excluding hydrogens is 414 g/mol. The summed E-state index contributed by atoms with van der Waals surface area (Å²) in [5.41, 5.74) is -0.422. The predicted octanol–water partition coefficient (Wildman–Crippen LogP) is 3.04. The molecule has 3 rings (SSSR count). The molecule has 1 aliphatic heterocycles. The van der Waals surface area contributed by atoms with E-state index in [4.69, 9.17) is 14.2 Å². The van der Waals surface area contributed by atoms with E-state index in [1.807, 2.05) is 20.8 Å². The maximum absolute atomic E-state index is 13.0. The van der Waals surface area contributed by atoms with Crippen LogP contribution in [0.25, 0.3) is 0 Å². The Hall–Kier alpha value is -3.81. The molecule has 8 heteroatoms. The topological polar surface area (TPSA) is 111 Å². The van der Waals surface area contributed by atoms with Crippen LogP contribution in [0.3, 0.4) is 0 Å². The van der Waals surface area contributed by atoms with Gasteiger partial charge in [-0.3, -0.25) is 9.59 Å². The van der Waals surface area contributed by atoms with Crippen molar-refractivity contribution in [1.82, 2.24) is 5.32 Å². The lowest BCUT2D eigenvalue weighted by molar-refractivity contribution is -0.145. The van der Waals surface area contributed by atoms with Gasteiger partial charge in [-0.25, -0.2) is 4.79 Å². The number of esters is 2. The van der Waals surface area contributed by atoms with Crippen molar-refractivity contribution in [1.29, 1.82) is 0 Å². The largest absolute Gasteiger partial charge is 0.507 e. The fourth-order valence-electron chi connectivity index (χ4n) is 3.43. The molecule has 1 atom stereocenters. The molecule has 0 spiro atoms. The molecule has 8 nitrogen and oxygen atoms in total. The first kappa shape index (κ1) is 22.9. The number of nitrogens with one attached hydrogen (secondary N) is 1. The molecule has 0 aromatic heterocycles. The van der Waals surface area contributed by atoms with Crippen molar-refractivity contribution >= 4 is 17.7 Å². The summed E-state index contributed by atoms with van der Waals surface area (Å²) in [6.07, 6.45) is 0. The van der Waals surface area contributed by atoms with E-state index < -0.39 is 34.9 Å². The van der Waals surface area contributed by atoms with Crippen LogP contribution in [0.15, 0.2) is 53.9 Å². The van der Waals surface area contributed by atoms with Crippen LogP contribution in [-0.4, -0.2) is 42.6 Å². The molecule has 2 aromatic rings. The molecule has 0 radical (unpaired) electrons. The summed E-state index contributed by atoms with van der Waals surface area (Å²) in [6.45, 7) is 5.54. The third-order valence-electron chi connectivity index (χ3n) is 4.82. The van der Waals surface area contributed by atoms with Crippen molar-refractivity contribution in [2.75, 3.05) is 14.2 Å². The Bertz CT molecular complexity index is 1100. The molecular formula is C24H25NO7. The maximum atomic E-state index is 13.0. The quantitative estimate of drug-likeness (QED) is 0.540. The van der Waals surface area contributed by atoms with E-state index >= 15 is 0 Å². The number of carbonyl (C=O) groups excluding carboxylic acids is 3. The molecule has 0 amide bonds. The second-order valence-electron chi connectivity index (χ2n) is 8.24. The Morgan fingerprint density at radius 3 is 2.22 bits per heavy atom. The fraction of sp³-hybridized carbons (Fsp3) is 0.292. The van der Waals surface area contributed by atoms with Crippen LogP contribution in [0.2, 0.25) is 0 Å². The van der Waals surface area contributed by atoms with Gasteiger partial charge in [0, 0.05) is 11.1 Å². The molecule has 1 heterocycles. The molecule has 32 heavy (non-hydrogen) atoms. The van der Waals surface area contributed by atoms with Gasteiger partial charge in [-0.05, 0) is 32.9 Å². The molecule has 2 N–H and O–H groups in total. The van der Waals surface area contributed by atoms with Gasteiger partial charge in [-0.2, -0.15) is 0 Å². The average Bonchev–Trinajstić information content (AvgIpc) is 2.76. The van der Waals surface area contributed by atoms with E-state index in [0.29, 0.717) is 5.56 Å². The molecule has 0 aliphatic carbocycles. The summed E-state index contributed by atoms with van der Waals surface area (Å²) in [6, 6.07) is 11.3. The number of hydrogen-bond acceptors (Lipinski definition) is 8. The molecule has 0 saturated carbocycles. The minimum Gasteiger partial charge on any atom is -0.507 e. The minimum atomic E-state index is -1.37. The summed E-state index contributed by atoms with van der Waals surface area (Å²) in [4.78, 5) is 38.5. The van der Waals surface area contributed by atoms with Crippen LogP contribution in [0, 0.1) is 0 Å². The zero-order chi connectivity index (χ0) is 23.6. The Morgan fingerprint density at radius 1 is 1.00 bits per heavy atom. The summed E-state index contributed by atoms with van der Waals surface area (Å²) < 4.78 is 15.7. The number of phenolic OH excluding ortho intramolecular Hbond substituents is 1. The molecule has 1 unspecified atom stereocenters. The number of methoxy groups -OCH3 is 2. The molecule has 0 fully saturated rings. The lowest BCUT2D eigenvalue weighted by Crippen LogP contribution is -2.41. The number of hydrogen-bond donors (Lipinski definition) is 2. The molecule has 2 aromatic carbocycles. The Labute approximate surface area is 185 Å². The van der Waals surface area contributed by atoms with E-state index in [0.717, 1.165) is 0 Å². The van der Waals surface area contributed by atoms with Gasteiger partial charge in [0.2, 0.25) is 5.88 Å². The highest BCUT2D eigenvalue weighted by Crippen LogP contribution is 2.46. The van der Waals surface area contributed by atoms with Crippen LogP contribution >= 0.6 is 0 Å². The highest BCUT2D eigenvalue weighted by atomic mass is 16.5. The van der Waals surface area contributed by atoms with Crippen LogP contribution in [0.4, 0.5) is 0 Å². The third kappa shape index (κ3) is 4.30. The number of rotatable bonds is 5. The number of phenols is 1. The summed E-state index contributed by atoms with van der Waals surface area (Å²) >= 11 is 0. The van der Waals surface area contributed by atoms with Crippen LogP contribution < -0.4 is 10.1 Å². The summed E-state index contributed by atoms with van der Waals surface area (Å²) in [5, 5.41) is 14.1. The number of fused-ring (bicyclic) bond motifs is 1. The zero-order valence-electron chi connectivity index (χ0n) is 18.5. The maximum Gasteiger partial charge on any atom is 0.340 e. The number of carbonyl (C=O) groups is 3. The predicted molar refractivity (Wildman–Crippen MR) is 115 cm³/mol. The lowest BCUT2D eigenvalue weighted by atomic mass is 9.85. The molecule has 168 valence electrons. The standard InChI is InChI=1S/C24H25NO7/c1-24(2,3)25-21-18(23(29)31-5)17(22(28)30-4)16-15(32-21)12-11-14(20(16)27)19(26)13-9-7-6-8-10-13/h6-12,17,25,27H,1-5H3. The Balaban J connectivity index is 2.23. The Kier molecular flexibility index (Phi) is 6.25. The monoisotopic (exact) mass is 439 g/mol. The van der Waals surface area contributed by atoms with E-state index in [-0.39, 0.29) is 28.3 Å². The van der Waals surface area contributed by atoms with Gasteiger partial charge in [0.25, 0.3) is 0 Å². The minimum absolute atomic E-state index is 0.00814. The first-order valence-corrected chi connectivity index (χ1v) is 9.91. The van der Waals surface area contributed by atoms with Crippen LogP contribution in [0.5, 0.6) is 11.5 Å². The van der Waals surface area contributed by atoms with E-state index in [1.165, 1.54) is 26.4 Å². The van der Waals surface area contributed by atoms with Crippen molar-refractivity contribution in [2.24, 2.45) is 0 Å². The van der Waals surface area contributed by atoms with Crippen LogP contribution in [0.1, 0.15) is 48.2 Å². The van der Waals surface area contributed by atoms with Crippen molar-refractivity contribution in [3.63, 3.8) is 0 Å². The second-order valence-corrected chi connectivity index (χ2v) is 8.24. The van der Waals surface area contributed by atoms with E-state index in [9.17, 15) is 19.5 Å². The third-order valence-corrected chi connectivity index (χ3v) is 4.82. The number of ether oxygens (including phenoxy) is 3. The van der Waals surface area contributed by atoms with Gasteiger partial charge >= 0.3 is 11.9 Å². The zero-order valence-corrected chi connectivity index (χ0v) is 18.5. The normalized spacial score (nSPS) is 15.3. The molecule has 0 saturated heterocycles. The van der Waals surface area contributed by atoms with Crippen molar-refractivity contribution < 1.29 is 33.7 Å². The van der Waals surface area contributed by atoms with Crippen molar-refractivity contribution in [2.45, 2.75) is 32.2 Å². The molecule has 1 aliphatic rings. The average molecular weight is 439 g/mol. The summed E-state index contributed by atoms with van der Waals surface area (Å²) in [5.74, 6) is -3.82. The number of aromatic hydroxyl groups is 1. The van der Waals surface area contributed by atoms with Gasteiger partial charge in [-0.1, -0.05) is 30.3 Å². The van der Waals surface area contributed by atoms with Gasteiger partial charge < -0.3 is 24.6 Å². The van der Waals surface area contributed by atoms with Gasteiger partial charge in [0.05, 0.1) is 25.3 Å². The highest BCUT2D eigenvalue weighted by Gasteiger charge is 2.43. The number of benzene rings is 2. The van der Waals surface area contributed by atoms with Gasteiger partial charge in [0.15, 0.2) is 5.78 Å². The lowest BCUT2D eigenvalue weighted by Gasteiger charge is -2.32. The first-order chi connectivity index (χ1) is 15.1. The highest BCUT2D eigenvalue weighted by molar-refractivity contribution is 6.11. The van der Waals surface area contributed by atoms with E-state index in [2.05, 4.69) is 5.32 Å². The van der Waals surface area contributed by atoms with E-state index in [1.54, 1.807) is 30.3 Å². The first-order valence-electron chi connectivity index (χ1n) is 9.91. The fourth-order valence-corrected chi connectivity index (χ4v) is 3.43. The SMILES string of the molecule is COC(=O)C1=C(NC(C)(C)C)Oc2ccc(C(=O)c3ccccc3)c(O)c2C1C(=O)OC. The smallest absolute Gasteiger partial charge is 0.340 e. The van der Waals surface area contributed by atoms with Crippen LogP contribution in [-0.2, 0) is 19.1 Å². The van der Waals surface area contributed by atoms with Crippen molar-refractivity contribution in [3.8, 4) is 11.5 Å². The number of ketones is 1. The molecule has 0 bridgehead atoms. The summed E-state index contributed by atoms with van der Waals surface area (Å²) in [7, 11) is 2.34. The Morgan fingerprint density at radius 2 is 1.66 bits per heavy atom. The van der Waals surface area contributed by atoms with Crippen molar-refractivity contribution in [3.05, 3.63) is 70.6 Å².